The van der Waals surface area contributed by atoms with Crippen molar-refractivity contribution in [2.24, 2.45) is 5.92 Å². The normalized spacial score (nSPS) is 21.0. The van der Waals surface area contributed by atoms with E-state index >= 15 is 0 Å². The SMILES string of the molecule is O=C(NC(C(=O)O)C1CC1)c1cccn1C1CCNCC1. The third-order valence-corrected chi connectivity index (χ3v) is 4.36. The average Bonchev–Trinajstić information content (AvgIpc) is 3.20. The number of nitrogens with zero attached hydrogens (tertiary/aromatic N) is 1. The summed E-state index contributed by atoms with van der Waals surface area (Å²) in [5.41, 5.74) is 0.564. The van der Waals surface area contributed by atoms with Gasteiger partial charge in [-0.1, -0.05) is 0 Å². The summed E-state index contributed by atoms with van der Waals surface area (Å²) < 4.78 is 1.99. The molecule has 1 amide bonds. The minimum atomic E-state index is -0.939. The zero-order chi connectivity index (χ0) is 14.8. The lowest BCUT2D eigenvalue weighted by Gasteiger charge is -2.26. The second-order valence-electron chi connectivity index (χ2n) is 5.91. The number of carbonyl (C=O) groups excluding carboxylic acids is 1. The molecular formula is C15H21N3O3. The molecule has 6 heteroatoms. The number of carboxylic acid groups (broad SMARTS) is 1. The van der Waals surface area contributed by atoms with E-state index in [0.717, 1.165) is 38.8 Å². The van der Waals surface area contributed by atoms with Gasteiger partial charge in [0.1, 0.15) is 11.7 Å². The summed E-state index contributed by atoms with van der Waals surface area (Å²) in [5, 5.41) is 15.2. The molecule has 2 heterocycles. The monoisotopic (exact) mass is 291 g/mol. The largest absolute Gasteiger partial charge is 0.480 e. The molecule has 1 unspecified atom stereocenters. The van der Waals surface area contributed by atoms with Crippen molar-refractivity contribution in [2.75, 3.05) is 13.1 Å². The van der Waals surface area contributed by atoms with E-state index in [2.05, 4.69) is 10.6 Å². The summed E-state index contributed by atoms with van der Waals surface area (Å²) in [6.45, 7) is 1.90. The fourth-order valence-electron chi connectivity index (χ4n) is 3.02. The number of aliphatic carboxylic acids is 1. The summed E-state index contributed by atoms with van der Waals surface area (Å²) in [7, 11) is 0. The van der Waals surface area contributed by atoms with Gasteiger partial charge < -0.3 is 20.3 Å². The number of hydrogen-bond acceptors (Lipinski definition) is 3. The van der Waals surface area contributed by atoms with Gasteiger partial charge in [0.15, 0.2) is 0 Å². The number of carbonyl (C=O) groups is 2. The van der Waals surface area contributed by atoms with Crippen molar-refractivity contribution >= 4 is 11.9 Å². The zero-order valence-corrected chi connectivity index (χ0v) is 11.9. The Hall–Kier alpha value is -1.82. The fraction of sp³-hybridized carbons (Fsp3) is 0.600. The molecule has 1 saturated heterocycles. The second-order valence-corrected chi connectivity index (χ2v) is 5.91. The molecule has 1 aromatic rings. The molecule has 2 aliphatic rings. The molecule has 1 aliphatic heterocycles. The third-order valence-electron chi connectivity index (χ3n) is 4.36. The Balaban J connectivity index is 1.72. The van der Waals surface area contributed by atoms with E-state index in [4.69, 9.17) is 0 Å². The van der Waals surface area contributed by atoms with E-state index in [1.165, 1.54) is 0 Å². The Morgan fingerprint density at radius 1 is 1.29 bits per heavy atom. The Morgan fingerprint density at radius 2 is 2.00 bits per heavy atom. The van der Waals surface area contributed by atoms with Gasteiger partial charge in [-0.3, -0.25) is 4.79 Å². The van der Waals surface area contributed by atoms with E-state index in [1.807, 2.05) is 16.8 Å². The first-order valence-electron chi connectivity index (χ1n) is 7.58. The first kappa shape index (κ1) is 14.1. The van der Waals surface area contributed by atoms with Crippen LogP contribution in [0.5, 0.6) is 0 Å². The molecule has 1 aliphatic carbocycles. The van der Waals surface area contributed by atoms with E-state index in [0.29, 0.717) is 11.7 Å². The number of hydrogen-bond donors (Lipinski definition) is 3. The second kappa shape index (κ2) is 5.89. The molecule has 114 valence electrons. The molecule has 0 bridgehead atoms. The summed E-state index contributed by atoms with van der Waals surface area (Å²) in [5.74, 6) is -1.13. The fourth-order valence-corrected chi connectivity index (χ4v) is 3.02. The van der Waals surface area contributed by atoms with Crippen molar-refractivity contribution in [3.8, 4) is 0 Å². The van der Waals surface area contributed by atoms with Crippen LogP contribution in [0.25, 0.3) is 0 Å². The van der Waals surface area contributed by atoms with Crippen molar-refractivity contribution in [2.45, 2.75) is 37.8 Å². The maximum absolute atomic E-state index is 12.4. The highest BCUT2D eigenvalue weighted by atomic mass is 16.4. The average molecular weight is 291 g/mol. The van der Waals surface area contributed by atoms with Crippen LogP contribution in [0, 0.1) is 5.92 Å². The maximum atomic E-state index is 12.4. The number of piperidine rings is 1. The summed E-state index contributed by atoms with van der Waals surface area (Å²) in [4.78, 5) is 23.6. The third kappa shape index (κ3) is 3.10. The molecule has 2 fully saturated rings. The number of aromatic nitrogens is 1. The standard InChI is InChI=1S/C15H21N3O3/c19-14(17-13(15(20)21)10-3-4-10)12-2-1-9-18(12)11-5-7-16-8-6-11/h1-2,9-11,13,16H,3-8H2,(H,17,19)(H,20,21). The van der Waals surface area contributed by atoms with Crippen molar-refractivity contribution in [3.63, 3.8) is 0 Å². The Morgan fingerprint density at radius 3 is 2.62 bits per heavy atom. The van der Waals surface area contributed by atoms with Crippen molar-refractivity contribution in [1.82, 2.24) is 15.2 Å². The summed E-state index contributed by atoms with van der Waals surface area (Å²) in [6.07, 6.45) is 5.65. The molecule has 1 atom stereocenters. The van der Waals surface area contributed by atoms with Gasteiger partial charge in [-0.15, -0.1) is 0 Å². The molecule has 1 aromatic heterocycles. The van der Waals surface area contributed by atoms with Crippen molar-refractivity contribution in [3.05, 3.63) is 24.0 Å². The van der Waals surface area contributed by atoms with Crippen LogP contribution in [0.15, 0.2) is 18.3 Å². The smallest absolute Gasteiger partial charge is 0.326 e. The van der Waals surface area contributed by atoms with Crippen LogP contribution in [0.1, 0.15) is 42.2 Å². The van der Waals surface area contributed by atoms with Gasteiger partial charge in [0.25, 0.3) is 5.91 Å². The lowest BCUT2D eigenvalue weighted by atomic mass is 10.1. The first-order valence-corrected chi connectivity index (χ1v) is 7.58. The van der Waals surface area contributed by atoms with Gasteiger partial charge in [-0.05, 0) is 56.8 Å². The Kier molecular flexibility index (Phi) is 3.96. The Labute approximate surface area is 123 Å². The van der Waals surface area contributed by atoms with Gasteiger partial charge in [0.05, 0.1) is 0 Å². The highest BCUT2D eigenvalue weighted by Crippen LogP contribution is 2.33. The number of amides is 1. The maximum Gasteiger partial charge on any atom is 0.326 e. The number of carboxylic acids is 1. The van der Waals surface area contributed by atoms with Crippen molar-refractivity contribution < 1.29 is 14.7 Å². The summed E-state index contributed by atoms with van der Waals surface area (Å²) >= 11 is 0. The molecule has 6 nitrogen and oxygen atoms in total. The highest BCUT2D eigenvalue weighted by Gasteiger charge is 2.37. The molecule has 3 rings (SSSR count). The predicted molar refractivity (Wildman–Crippen MR) is 77.2 cm³/mol. The van der Waals surface area contributed by atoms with Crippen molar-refractivity contribution in [1.29, 1.82) is 0 Å². The van der Waals surface area contributed by atoms with Crippen LogP contribution in [0.2, 0.25) is 0 Å². The zero-order valence-electron chi connectivity index (χ0n) is 11.9. The van der Waals surface area contributed by atoms with Gasteiger partial charge >= 0.3 is 5.97 Å². The van der Waals surface area contributed by atoms with Gasteiger partial charge in [0, 0.05) is 12.2 Å². The predicted octanol–water partition coefficient (Wildman–Crippen LogP) is 1.01. The molecule has 3 N–H and O–H groups in total. The van der Waals surface area contributed by atoms with Crippen LogP contribution in [-0.4, -0.2) is 40.7 Å². The molecular weight excluding hydrogens is 270 g/mol. The van der Waals surface area contributed by atoms with Crippen LogP contribution in [-0.2, 0) is 4.79 Å². The van der Waals surface area contributed by atoms with Gasteiger partial charge in [-0.25, -0.2) is 4.79 Å². The first-order chi connectivity index (χ1) is 10.2. The number of nitrogens with one attached hydrogen (secondary N) is 2. The van der Waals surface area contributed by atoms with E-state index in [9.17, 15) is 14.7 Å². The quantitative estimate of drug-likeness (QED) is 0.756. The molecule has 0 aromatic carbocycles. The van der Waals surface area contributed by atoms with Crippen LogP contribution >= 0.6 is 0 Å². The lowest BCUT2D eigenvalue weighted by Crippen LogP contribution is -2.43. The minimum Gasteiger partial charge on any atom is -0.480 e. The van der Waals surface area contributed by atoms with Crippen LogP contribution in [0.4, 0.5) is 0 Å². The minimum absolute atomic E-state index is 0.0914. The molecule has 21 heavy (non-hydrogen) atoms. The van der Waals surface area contributed by atoms with Gasteiger partial charge in [-0.2, -0.15) is 0 Å². The van der Waals surface area contributed by atoms with E-state index < -0.39 is 12.0 Å². The van der Waals surface area contributed by atoms with Crippen LogP contribution < -0.4 is 10.6 Å². The van der Waals surface area contributed by atoms with Crippen LogP contribution in [0.3, 0.4) is 0 Å². The lowest BCUT2D eigenvalue weighted by molar-refractivity contribution is -0.139. The summed E-state index contributed by atoms with van der Waals surface area (Å²) in [6, 6.07) is 3.17. The van der Waals surface area contributed by atoms with E-state index in [1.54, 1.807) is 6.07 Å². The Bertz CT molecular complexity index is 530. The number of rotatable bonds is 5. The molecule has 0 spiro atoms. The molecule has 1 saturated carbocycles. The van der Waals surface area contributed by atoms with E-state index in [-0.39, 0.29) is 11.8 Å². The van der Waals surface area contributed by atoms with Gasteiger partial charge in [0.2, 0.25) is 0 Å². The molecule has 0 radical (unpaired) electrons. The topological polar surface area (TPSA) is 83.4 Å². The highest BCUT2D eigenvalue weighted by molar-refractivity contribution is 5.95.